The highest BCUT2D eigenvalue weighted by Gasteiger charge is 2.28. The summed E-state index contributed by atoms with van der Waals surface area (Å²) in [5.74, 6) is 0.232. The number of likely N-dealkylation sites (tertiary alicyclic amines) is 1. The summed E-state index contributed by atoms with van der Waals surface area (Å²) in [5.41, 5.74) is 0.535. The van der Waals surface area contributed by atoms with E-state index in [0.717, 1.165) is 0 Å². The molecule has 5 nitrogen and oxygen atoms in total. The van der Waals surface area contributed by atoms with E-state index >= 15 is 0 Å². The zero-order chi connectivity index (χ0) is 16.8. The molecule has 0 bridgehead atoms. The van der Waals surface area contributed by atoms with E-state index in [1.807, 2.05) is 6.92 Å². The molecule has 0 unspecified atom stereocenters. The molecule has 0 saturated carbocycles. The standard InChI is InChI=1S/C17H22ClNO4/c1-3-22-15-6-5-13(11-14(15)18)16(20)19-9-7-12(8-10-19)17(21)23-4-2/h5-6,11-12H,3-4,7-10H2,1-2H3. The van der Waals surface area contributed by atoms with E-state index in [9.17, 15) is 9.59 Å². The number of halogens is 1. The largest absolute Gasteiger partial charge is 0.492 e. The first-order chi connectivity index (χ1) is 11.1. The SMILES string of the molecule is CCOC(=O)C1CCN(C(=O)c2ccc(OCC)c(Cl)c2)CC1. The molecule has 1 fully saturated rings. The second-order valence-electron chi connectivity index (χ2n) is 5.40. The van der Waals surface area contributed by atoms with Crippen LogP contribution in [0.1, 0.15) is 37.0 Å². The molecule has 1 aromatic carbocycles. The van der Waals surface area contributed by atoms with Crippen LogP contribution in [0.25, 0.3) is 0 Å². The average molecular weight is 340 g/mol. The number of nitrogens with zero attached hydrogens (tertiary/aromatic N) is 1. The van der Waals surface area contributed by atoms with Gasteiger partial charge in [0.25, 0.3) is 5.91 Å². The van der Waals surface area contributed by atoms with Crippen LogP contribution in [-0.4, -0.2) is 43.1 Å². The molecule has 0 N–H and O–H groups in total. The molecule has 0 spiro atoms. The highest BCUT2D eigenvalue weighted by molar-refractivity contribution is 6.32. The Bertz CT molecular complexity index is 568. The minimum Gasteiger partial charge on any atom is -0.492 e. The summed E-state index contributed by atoms with van der Waals surface area (Å²) in [5, 5.41) is 0.430. The molecule has 1 aliphatic rings. The Balaban J connectivity index is 1.97. The quantitative estimate of drug-likeness (QED) is 0.773. The van der Waals surface area contributed by atoms with Crippen LogP contribution in [0.4, 0.5) is 0 Å². The van der Waals surface area contributed by atoms with Gasteiger partial charge < -0.3 is 14.4 Å². The topological polar surface area (TPSA) is 55.8 Å². The van der Waals surface area contributed by atoms with Crippen LogP contribution in [0.5, 0.6) is 5.75 Å². The summed E-state index contributed by atoms with van der Waals surface area (Å²) in [6, 6.07) is 5.06. The first kappa shape index (κ1) is 17.6. The van der Waals surface area contributed by atoms with E-state index in [0.29, 0.717) is 55.5 Å². The maximum atomic E-state index is 12.5. The lowest BCUT2D eigenvalue weighted by Crippen LogP contribution is -2.40. The Labute approximate surface area is 141 Å². The average Bonchev–Trinajstić information content (AvgIpc) is 2.56. The van der Waals surface area contributed by atoms with Crippen LogP contribution in [0, 0.1) is 5.92 Å². The van der Waals surface area contributed by atoms with Crippen molar-refractivity contribution < 1.29 is 19.1 Å². The van der Waals surface area contributed by atoms with Crippen molar-refractivity contribution in [3.63, 3.8) is 0 Å². The number of carbonyl (C=O) groups excluding carboxylic acids is 2. The van der Waals surface area contributed by atoms with Crippen LogP contribution in [0.2, 0.25) is 5.02 Å². The summed E-state index contributed by atoms with van der Waals surface area (Å²) in [4.78, 5) is 26.0. The molecule has 0 aromatic heterocycles. The van der Waals surface area contributed by atoms with Gasteiger partial charge in [-0.05, 0) is 44.9 Å². The fourth-order valence-corrected chi connectivity index (χ4v) is 2.90. The molecule has 23 heavy (non-hydrogen) atoms. The highest BCUT2D eigenvalue weighted by atomic mass is 35.5. The van der Waals surface area contributed by atoms with Gasteiger partial charge in [-0.15, -0.1) is 0 Å². The zero-order valence-corrected chi connectivity index (χ0v) is 14.3. The number of rotatable bonds is 5. The second kappa shape index (κ2) is 8.20. The van der Waals surface area contributed by atoms with Gasteiger partial charge in [0.1, 0.15) is 5.75 Å². The van der Waals surface area contributed by atoms with Gasteiger partial charge >= 0.3 is 5.97 Å². The minimum absolute atomic E-state index is 0.0720. The summed E-state index contributed by atoms with van der Waals surface area (Å²) in [6.07, 6.45) is 1.27. The number of esters is 1. The van der Waals surface area contributed by atoms with Gasteiger partial charge in [0.15, 0.2) is 0 Å². The summed E-state index contributed by atoms with van der Waals surface area (Å²) < 4.78 is 10.4. The maximum absolute atomic E-state index is 12.5. The molecule has 1 aliphatic heterocycles. The van der Waals surface area contributed by atoms with Crippen molar-refractivity contribution in [3.05, 3.63) is 28.8 Å². The lowest BCUT2D eigenvalue weighted by atomic mass is 9.96. The molecule has 126 valence electrons. The van der Waals surface area contributed by atoms with Gasteiger partial charge in [-0.1, -0.05) is 11.6 Å². The van der Waals surface area contributed by atoms with Crippen molar-refractivity contribution in [3.8, 4) is 5.75 Å². The number of piperidine rings is 1. The smallest absolute Gasteiger partial charge is 0.309 e. The number of carbonyl (C=O) groups is 2. The monoisotopic (exact) mass is 339 g/mol. The van der Waals surface area contributed by atoms with Crippen LogP contribution in [0.15, 0.2) is 18.2 Å². The third-order valence-corrected chi connectivity index (χ3v) is 4.18. The van der Waals surface area contributed by atoms with Gasteiger partial charge in [-0.3, -0.25) is 9.59 Å². The molecule has 6 heteroatoms. The Morgan fingerprint density at radius 1 is 1.22 bits per heavy atom. The Morgan fingerprint density at radius 2 is 1.91 bits per heavy atom. The van der Waals surface area contributed by atoms with Crippen molar-refractivity contribution in [2.24, 2.45) is 5.92 Å². The number of ether oxygens (including phenoxy) is 2. The maximum Gasteiger partial charge on any atom is 0.309 e. The lowest BCUT2D eigenvalue weighted by molar-refractivity contribution is -0.149. The number of hydrogen-bond donors (Lipinski definition) is 0. The van der Waals surface area contributed by atoms with Crippen molar-refractivity contribution in [2.75, 3.05) is 26.3 Å². The normalized spacial score (nSPS) is 15.3. The van der Waals surface area contributed by atoms with Crippen LogP contribution in [0.3, 0.4) is 0 Å². The zero-order valence-electron chi connectivity index (χ0n) is 13.5. The van der Waals surface area contributed by atoms with Gasteiger partial charge in [-0.25, -0.2) is 0 Å². The van der Waals surface area contributed by atoms with E-state index in [1.165, 1.54) is 0 Å². The molecule has 1 heterocycles. The molecule has 1 amide bonds. The number of benzene rings is 1. The van der Waals surface area contributed by atoms with Gasteiger partial charge in [0.05, 0.1) is 24.2 Å². The first-order valence-electron chi connectivity index (χ1n) is 7.95. The van der Waals surface area contributed by atoms with Crippen LogP contribution in [-0.2, 0) is 9.53 Å². The Morgan fingerprint density at radius 3 is 2.48 bits per heavy atom. The first-order valence-corrected chi connectivity index (χ1v) is 8.32. The molecule has 1 saturated heterocycles. The highest BCUT2D eigenvalue weighted by Crippen LogP contribution is 2.27. The predicted octanol–water partition coefficient (Wildman–Crippen LogP) is 3.15. The van der Waals surface area contributed by atoms with E-state index in [-0.39, 0.29) is 17.8 Å². The third-order valence-electron chi connectivity index (χ3n) is 3.88. The molecule has 0 atom stereocenters. The molecule has 1 aromatic rings. The lowest BCUT2D eigenvalue weighted by Gasteiger charge is -2.31. The van der Waals surface area contributed by atoms with Crippen LogP contribution >= 0.6 is 11.6 Å². The Hall–Kier alpha value is -1.75. The number of amides is 1. The van der Waals surface area contributed by atoms with Crippen molar-refractivity contribution in [1.82, 2.24) is 4.90 Å². The van der Waals surface area contributed by atoms with E-state index in [1.54, 1.807) is 30.0 Å². The fraction of sp³-hybridized carbons (Fsp3) is 0.529. The summed E-state index contributed by atoms with van der Waals surface area (Å²) in [6.45, 7) is 5.69. The van der Waals surface area contributed by atoms with Gasteiger partial charge in [0.2, 0.25) is 0 Å². The molecular formula is C17H22ClNO4. The summed E-state index contributed by atoms with van der Waals surface area (Å²) in [7, 11) is 0. The van der Waals surface area contributed by atoms with Gasteiger partial charge in [0, 0.05) is 18.7 Å². The Kier molecular flexibility index (Phi) is 6.28. The summed E-state index contributed by atoms with van der Waals surface area (Å²) >= 11 is 6.13. The molecular weight excluding hydrogens is 318 g/mol. The van der Waals surface area contributed by atoms with Crippen molar-refractivity contribution in [1.29, 1.82) is 0 Å². The third kappa shape index (κ3) is 4.38. The molecule has 0 radical (unpaired) electrons. The second-order valence-corrected chi connectivity index (χ2v) is 5.80. The predicted molar refractivity (Wildman–Crippen MR) is 87.9 cm³/mol. The van der Waals surface area contributed by atoms with Crippen LogP contribution < -0.4 is 4.74 Å². The van der Waals surface area contributed by atoms with E-state index < -0.39 is 0 Å². The molecule has 0 aliphatic carbocycles. The number of hydrogen-bond acceptors (Lipinski definition) is 4. The fourth-order valence-electron chi connectivity index (χ4n) is 2.67. The van der Waals surface area contributed by atoms with Crippen molar-refractivity contribution in [2.45, 2.75) is 26.7 Å². The van der Waals surface area contributed by atoms with E-state index in [2.05, 4.69) is 0 Å². The van der Waals surface area contributed by atoms with E-state index in [4.69, 9.17) is 21.1 Å². The van der Waals surface area contributed by atoms with Crippen molar-refractivity contribution >= 4 is 23.5 Å². The van der Waals surface area contributed by atoms with Gasteiger partial charge in [-0.2, -0.15) is 0 Å². The molecule has 2 rings (SSSR count). The minimum atomic E-state index is -0.163.